The summed E-state index contributed by atoms with van der Waals surface area (Å²) in [6.45, 7) is 2.11. The molecule has 0 bridgehead atoms. The first-order chi connectivity index (χ1) is 8.81. The average Bonchev–Trinajstić information content (AvgIpc) is 2.93. The minimum absolute atomic E-state index is 0.0543. The zero-order valence-corrected chi connectivity index (χ0v) is 10.4. The molecule has 0 aliphatic rings. The molecule has 1 atom stereocenters. The third-order valence-electron chi connectivity index (χ3n) is 2.87. The second-order valence-electron chi connectivity index (χ2n) is 4.24. The maximum Gasteiger partial charge on any atom is 0.255 e. The molecular formula is C15H17NO2. The topological polar surface area (TPSA) is 42.2 Å². The molecule has 1 N–H and O–H groups in total. The van der Waals surface area contributed by atoms with E-state index in [-0.39, 0.29) is 11.9 Å². The van der Waals surface area contributed by atoms with Gasteiger partial charge in [-0.05, 0) is 18.1 Å². The molecule has 0 spiro atoms. The van der Waals surface area contributed by atoms with Gasteiger partial charge in [0.15, 0.2) is 0 Å². The van der Waals surface area contributed by atoms with Gasteiger partial charge in [0, 0.05) is 0 Å². The van der Waals surface area contributed by atoms with Crippen LogP contribution in [0.3, 0.4) is 0 Å². The van der Waals surface area contributed by atoms with Crippen molar-refractivity contribution in [1.29, 1.82) is 0 Å². The maximum absolute atomic E-state index is 12.0. The summed E-state index contributed by atoms with van der Waals surface area (Å²) in [5, 5.41) is 3.04. The van der Waals surface area contributed by atoms with Gasteiger partial charge in [-0.2, -0.15) is 0 Å². The lowest BCUT2D eigenvalue weighted by atomic mass is 10.0. The Morgan fingerprint density at radius 2 is 2.06 bits per heavy atom. The smallest absolute Gasteiger partial charge is 0.255 e. The van der Waals surface area contributed by atoms with E-state index in [2.05, 4.69) is 12.2 Å². The van der Waals surface area contributed by atoms with Crippen LogP contribution < -0.4 is 5.32 Å². The van der Waals surface area contributed by atoms with Crippen molar-refractivity contribution in [2.75, 3.05) is 0 Å². The molecule has 0 radical (unpaired) electrons. The lowest BCUT2D eigenvalue weighted by Gasteiger charge is -2.18. The molecule has 3 heteroatoms. The summed E-state index contributed by atoms with van der Waals surface area (Å²) >= 11 is 0. The zero-order valence-electron chi connectivity index (χ0n) is 10.4. The van der Waals surface area contributed by atoms with Gasteiger partial charge in [0.05, 0.1) is 17.9 Å². The Morgan fingerprint density at radius 1 is 1.28 bits per heavy atom. The van der Waals surface area contributed by atoms with Gasteiger partial charge in [-0.25, -0.2) is 0 Å². The van der Waals surface area contributed by atoms with E-state index in [1.54, 1.807) is 6.07 Å². The van der Waals surface area contributed by atoms with Gasteiger partial charge in [-0.15, -0.1) is 0 Å². The number of carbonyl (C=O) groups is 1. The normalized spacial score (nSPS) is 12.1. The van der Waals surface area contributed by atoms with Crippen molar-refractivity contribution in [3.8, 4) is 0 Å². The first kappa shape index (κ1) is 12.4. The minimum Gasteiger partial charge on any atom is -0.472 e. The van der Waals surface area contributed by atoms with E-state index in [0.717, 1.165) is 18.4 Å². The summed E-state index contributed by atoms with van der Waals surface area (Å²) in [4.78, 5) is 12.0. The van der Waals surface area contributed by atoms with Gasteiger partial charge >= 0.3 is 0 Å². The maximum atomic E-state index is 12.0. The van der Waals surface area contributed by atoms with Gasteiger partial charge < -0.3 is 9.73 Å². The largest absolute Gasteiger partial charge is 0.472 e. The van der Waals surface area contributed by atoms with Crippen LogP contribution in [-0.4, -0.2) is 5.91 Å². The van der Waals surface area contributed by atoms with E-state index in [1.807, 2.05) is 30.3 Å². The van der Waals surface area contributed by atoms with Crippen molar-refractivity contribution < 1.29 is 9.21 Å². The van der Waals surface area contributed by atoms with Crippen LogP contribution in [0, 0.1) is 0 Å². The molecule has 1 aromatic heterocycles. The highest BCUT2D eigenvalue weighted by Gasteiger charge is 2.15. The lowest BCUT2D eigenvalue weighted by molar-refractivity contribution is 0.0934. The molecule has 0 aliphatic heterocycles. The van der Waals surface area contributed by atoms with E-state index in [1.165, 1.54) is 12.5 Å². The Morgan fingerprint density at radius 3 is 2.67 bits per heavy atom. The Balaban J connectivity index is 2.10. The van der Waals surface area contributed by atoms with Crippen molar-refractivity contribution in [3.05, 3.63) is 60.1 Å². The number of hydrogen-bond donors (Lipinski definition) is 1. The molecule has 3 nitrogen and oxygen atoms in total. The molecule has 1 heterocycles. The minimum atomic E-state index is -0.0916. The summed E-state index contributed by atoms with van der Waals surface area (Å²) in [7, 11) is 0. The number of hydrogen-bond acceptors (Lipinski definition) is 2. The summed E-state index contributed by atoms with van der Waals surface area (Å²) in [6.07, 6.45) is 4.91. The van der Waals surface area contributed by atoms with Crippen molar-refractivity contribution in [2.45, 2.75) is 25.8 Å². The second kappa shape index (κ2) is 6.05. The highest BCUT2D eigenvalue weighted by Crippen LogP contribution is 2.18. The predicted molar refractivity (Wildman–Crippen MR) is 70.3 cm³/mol. The molecule has 94 valence electrons. The van der Waals surface area contributed by atoms with Crippen LogP contribution in [0.4, 0.5) is 0 Å². The number of carbonyl (C=O) groups excluding carboxylic acids is 1. The number of benzene rings is 1. The van der Waals surface area contributed by atoms with Crippen molar-refractivity contribution in [3.63, 3.8) is 0 Å². The van der Waals surface area contributed by atoms with E-state index in [4.69, 9.17) is 4.42 Å². The quantitative estimate of drug-likeness (QED) is 0.872. The molecule has 0 unspecified atom stereocenters. The standard InChI is InChI=1S/C15H17NO2/c1-2-6-14(12-7-4-3-5-8-12)16-15(17)13-9-10-18-11-13/h3-5,7-11,14H,2,6H2,1H3,(H,16,17)/t14-/m0/s1. The first-order valence-electron chi connectivity index (χ1n) is 6.19. The van der Waals surface area contributed by atoms with Crippen molar-refractivity contribution >= 4 is 5.91 Å². The summed E-state index contributed by atoms with van der Waals surface area (Å²) in [5.41, 5.74) is 1.70. The SMILES string of the molecule is CCC[C@H](NC(=O)c1ccoc1)c1ccccc1. The fourth-order valence-electron chi connectivity index (χ4n) is 1.93. The number of rotatable bonds is 5. The van der Waals surface area contributed by atoms with Gasteiger partial charge in [-0.3, -0.25) is 4.79 Å². The number of amides is 1. The summed E-state index contributed by atoms with van der Waals surface area (Å²) in [6, 6.07) is 11.8. The van der Waals surface area contributed by atoms with Crippen LogP contribution in [0.25, 0.3) is 0 Å². The van der Waals surface area contributed by atoms with E-state index >= 15 is 0 Å². The molecule has 0 fully saturated rings. The molecule has 1 aromatic carbocycles. The second-order valence-corrected chi connectivity index (χ2v) is 4.24. The molecule has 0 saturated heterocycles. The fraction of sp³-hybridized carbons (Fsp3) is 0.267. The van der Waals surface area contributed by atoms with Crippen LogP contribution >= 0.6 is 0 Å². The van der Waals surface area contributed by atoms with Gasteiger partial charge in [0.25, 0.3) is 5.91 Å². The Labute approximate surface area is 107 Å². The Hall–Kier alpha value is -2.03. The van der Waals surface area contributed by atoms with Crippen LogP contribution in [0.2, 0.25) is 0 Å². The number of furan rings is 1. The zero-order chi connectivity index (χ0) is 12.8. The molecule has 2 aromatic rings. The molecule has 0 aliphatic carbocycles. The van der Waals surface area contributed by atoms with Gasteiger partial charge in [0.1, 0.15) is 6.26 Å². The monoisotopic (exact) mass is 243 g/mol. The number of nitrogens with one attached hydrogen (secondary N) is 1. The highest BCUT2D eigenvalue weighted by molar-refractivity contribution is 5.94. The third-order valence-corrected chi connectivity index (χ3v) is 2.87. The van der Waals surface area contributed by atoms with Crippen LogP contribution in [0.5, 0.6) is 0 Å². The van der Waals surface area contributed by atoms with Gasteiger partial charge in [0.2, 0.25) is 0 Å². The van der Waals surface area contributed by atoms with Crippen molar-refractivity contribution in [2.24, 2.45) is 0 Å². The van der Waals surface area contributed by atoms with Gasteiger partial charge in [-0.1, -0.05) is 43.7 Å². The fourth-order valence-corrected chi connectivity index (χ4v) is 1.93. The third kappa shape index (κ3) is 3.00. The molecule has 18 heavy (non-hydrogen) atoms. The van der Waals surface area contributed by atoms with Crippen LogP contribution in [-0.2, 0) is 0 Å². The van der Waals surface area contributed by atoms with E-state index in [9.17, 15) is 4.79 Å². The summed E-state index contributed by atoms with van der Waals surface area (Å²) < 4.78 is 4.92. The van der Waals surface area contributed by atoms with Crippen molar-refractivity contribution in [1.82, 2.24) is 5.32 Å². The predicted octanol–water partition coefficient (Wildman–Crippen LogP) is 3.55. The molecule has 2 rings (SSSR count). The Bertz CT molecular complexity index is 476. The summed E-state index contributed by atoms with van der Waals surface area (Å²) in [5.74, 6) is -0.0916. The average molecular weight is 243 g/mol. The molecular weight excluding hydrogens is 226 g/mol. The van der Waals surface area contributed by atoms with Crippen LogP contribution in [0.15, 0.2) is 53.3 Å². The molecule has 1 amide bonds. The first-order valence-corrected chi connectivity index (χ1v) is 6.19. The lowest BCUT2D eigenvalue weighted by Crippen LogP contribution is -2.28. The Kier molecular flexibility index (Phi) is 4.18. The molecule has 0 saturated carbocycles. The van der Waals surface area contributed by atoms with E-state index < -0.39 is 0 Å². The van der Waals surface area contributed by atoms with E-state index in [0.29, 0.717) is 5.56 Å². The highest BCUT2D eigenvalue weighted by atomic mass is 16.3. The van der Waals surface area contributed by atoms with Crippen LogP contribution in [0.1, 0.15) is 41.7 Å².